The Bertz CT molecular complexity index is 692. The van der Waals surface area contributed by atoms with Crippen molar-refractivity contribution < 1.29 is 14.4 Å². The van der Waals surface area contributed by atoms with E-state index in [1.165, 1.54) is 0 Å². The zero-order valence-electron chi connectivity index (χ0n) is 12.3. The highest BCUT2D eigenvalue weighted by molar-refractivity contribution is 6.29. The Morgan fingerprint density at radius 3 is 3.05 bits per heavy atom. The van der Waals surface area contributed by atoms with E-state index >= 15 is 0 Å². The number of anilines is 1. The van der Waals surface area contributed by atoms with Crippen LogP contribution in [0.5, 0.6) is 5.75 Å². The summed E-state index contributed by atoms with van der Waals surface area (Å²) in [5.74, 6) is 0.129. The van der Waals surface area contributed by atoms with Gasteiger partial charge >= 0.3 is 0 Å². The summed E-state index contributed by atoms with van der Waals surface area (Å²) in [5.41, 5.74) is 3.13. The summed E-state index contributed by atoms with van der Waals surface area (Å²) in [6.45, 7) is 2.43. The van der Waals surface area contributed by atoms with E-state index in [1.807, 2.05) is 12.1 Å². The van der Waals surface area contributed by atoms with E-state index < -0.39 is 0 Å². The maximum atomic E-state index is 12.6. The lowest BCUT2D eigenvalue weighted by Crippen LogP contribution is -2.35. The number of carbonyl (C=O) groups excluding carboxylic acids is 1. The van der Waals surface area contributed by atoms with Crippen molar-refractivity contribution in [3.63, 3.8) is 0 Å². The zero-order chi connectivity index (χ0) is 15.7. The summed E-state index contributed by atoms with van der Waals surface area (Å²) in [6.07, 6.45) is 2.56. The quantitative estimate of drug-likeness (QED) is 0.942. The van der Waals surface area contributed by atoms with Gasteiger partial charge in [-0.15, -0.1) is 0 Å². The number of phenolic OH excluding ortho intramolecular Hbond substituents is 1. The molecule has 0 aliphatic carbocycles. The highest BCUT2D eigenvalue weighted by Gasteiger charge is 2.25. The molecule has 0 radical (unpaired) electrons. The van der Waals surface area contributed by atoms with Gasteiger partial charge in [0.15, 0.2) is 0 Å². The third-order valence-electron chi connectivity index (χ3n) is 4.02. The van der Waals surface area contributed by atoms with Crippen LogP contribution in [-0.2, 0) is 17.6 Å². The van der Waals surface area contributed by atoms with Crippen LogP contribution in [0.3, 0.4) is 0 Å². The van der Waals surface area contributed by atoms with E-state index in [-0.39, 0.29) is 16.9 Å². The van der Waals surface area contributed by atoms with Gasteiger partial charge in [-0.05, 0) is 49.4 Å². The number of benzene rings is 1. The second-order valence-electron chi connectivity index (χ2n) is 5.45. The number of halogens is 1. The SMILES string of the molecule is Cc1noc(Cl)c1CCC(=O)N1CCCc2cccc(O)c21. The minimum atomic E-state index is -0.0286. The van der Waals surface area contributed by atoms with E-state index in [4.69, 9.17) is 16.1 Å². The Labute approximate surface area is 133 Å². The first-order valence-electron chi connectivity index (χ1n) is 7.30. The molecule has 0 saturated carbocycles. The van der Waals surface area contributed by atoms with Crippen LogP contribution in [-0.4, -0.2) is 22.7 Å². The molecular formula is C16H17ClN2O3. The van der Waals surface area contributed by atoms with Crippen LogP contribution < -0.4 is 4.90 Å². The van der Waals surface area contributed by atoms with Crippen LogP contribution in [0.1, 0.15) is 29.7 Å². The monoisotopic (exact) mass is 320 g/mol. The lowest BCUT2D eigenvalue weighted by Gasteiger charge is -2.30. The molecule has 1 aliphatic rings. The van der Waals surface area contributed by atoms with E-state index in [9.17, 15) is 9.90 Å². The number of hydrogen-bond acceptors (Lipinski definition) is 4. The molecule has 0 spiro atoms. The summed E-state index contributed by atoms with van der Waals surface area (Å²) >= 11 is 5.93. The highest BCUT2D eigenvalue weighted by Crippen LogP contribution is 2.35. The molecule has 1 aromatic heterocycles. The predicted octanol–water partition coefficient (Wildman–Crippen LogP) is 3.25. The zero-order valence-corrected chi connectivity index (χ0v) is 13.1. The number of rotatable bonds is 3. The molecule has 1 aromatic carbocycles. The number of aryl methyl sites for hydroxylation is 2. The molecule has 2 aromatic rings. The first kappa shape index (κ1) is 14.9. The average molecular weight is 321 g/mol. The molecular weight excluding hydrogens is 304 g/mol. The molecule has 5 nitrogen and oxygen atoms in total. The van der Waals surface area contributed by atoms with Crippen molar-refractivity contribution >= 4 is 23.2 Å². The van der Waals surface area contributed by atoms with Gasteiger partial charge in [0.2, 0.25) is 11.1 Å². The maximum Gasteiger partial charge on any atom is 0.229 e. The van der Waals surface area contributed by atoms with E-state index in [1.54, 1.807) is 17.9 Å². The number of para-hydroxylation sites is 1. The lowest BCUT2D eigenvalue weighted by atomic mass is 10.00. The summed E-state index contributed by atoms with van der Waals surface area (Å²) < 4.78 is 4.90. The van der Waals surface area contributed by atoms with Crippen LogP contribution in [0.2, 0.25) is 5.22 Å². The summed E-state index contributed by atoms with van der Waals surface area (Å²) in [5, 5.41) is 14.1. The molecule has 1 amide bonds. The number of aromatic nitrogens is 1. The van der Waals surface area contributed by atoms with Crippen molar-refractivity contribution in [1.29, 1.82) is 0 Å². The predicted molar refractivity (Wildman–Crippen MR) is 83.4 cm³/mol. The fraction of sp³-hybridized carbons (Fsp3) is 0.375. The van der Waals surface area contributed by atoms with Crippen molar-refractivity contribution in [3.05, 3.63) is 40.2 Å². The minimum Gasteiger partial charge on any atom is -0.506 e. The van der Waals surface area contributed by atoms with Gasteiger partial charge in [-0.3, -0.25) is 4.79 Å². The summed E-state index contributed by atoms with van der Waals surface area (Å²) in [7, 11) is 0. The van der Waals surface area contributed by atoms with Gasteiger partial charge < -0.3 is 14.5 Å². The second kappa shape index (κ2) is 6.01. The normalized spacial score (nSPS) is 14.0. The lowest BCUT2D eigenvalue weighted by molar-refractivity contribution is -0.118. The molecule has 1 N–H and O–H groups in total. The largest absolute Gasteiger partial charge is 0.506 e. The molecule has 0 fully saturated rings. The molecule has 2 heterocycles. The number of carbonyl (C=O) groups is 1. The summed E-state index contributed by atoms with van der Waals surface area (Å²) in [6, 6.07) is 5.38. The van der Waals surface area contributed by atoms with E-state index in [0.29, 0.717) is 30.8 Å². The average Bonchev–Trinajstić information content (AvgIpc) is 2.83. The number of phenols is 1. The molecule has 0 bridgehead atoms. The van der Waals surface area contributed by atoms with Gasteiger partial charge in [0.05, 0.1) is 11.4 Å². The smallest absolute Gasteiger partial charge is 0.229 e. The molecule has 0 atom stereocenters. The van der Waals surface area contributed by atoms with Gasteiger partial charge in [-0.1, -0.05) is 17.3 Å². The molecule has 1 aliphatic heterocycles. The Balaban J connectivity index is 1.77. The maximum absolute atomic E-state index is 12.6. The molecule has 22 heavy (non-hydrogen) atoms. The van der Waals surface area contributed by atoms with Crippen LogP contribution in [0.15, 0.2) is 22.7 Å². The third-order valence-corrected chi connectivity index (χ3v) is 4.32. The Kier molecular flexibility index (Phi) is 4.07. The van der Waals surface area contributed by atoms with Gasteiger partial charge in [0.1, 0.15) is 5.75 Å². The van der Waals surface area contributed by atoms with Gasteiger partial charge in [0.25, 0.3) is 0 Å². The Morgan fingerprint density at radius 2 is 2.32 bits per heavy atom. The van der Waals surface area contributed by atoms with Crippen LogP contribution in [0.4, 0.5) is 5.69 Å². The molecule has 0 saturated heterocycles. The number of amides is 1. The van der Waals surface area contributed by atoms with Crippen LogP contribution in [0.25, 0.3) is 0 Å². The van der Waals surface area contributed by atoms with Crippen LogP contribution >= 0.6 is 11.6 Å². The number of hydrogen-bond donors (Lipinski definition) is 1. The fourth-order valence-electron chi connectivity index (χ4n) is 2.89. The third kappa shape index (κ3) is 2.68. The molecule has 3 rings (SSSR count). The standard InChI is InChI=1S/C16H17ClN2O3/c1-10-12(16(17)22-18-10)7-8-14(21)19-9-3-5-11-4-2-6-13(20)15(11)19/h2,4,6,20H,3,5,7-9H2,1H3. The highest BCUT2D eigenvalue weighted by atomic mass is 35.5. The van der Waals surface area contributed by atoms with Crippen molar-refractivity contribution in [3.8, 4) is 5.75 Å². The van der Waals surface area contributed by atoms with Gasteiger partial charge in [-0.25, -0.2) is 0 Å². The topological polar surface area (TPSA) is 66.6 Å². The van der Waals surface area contributed by atoms with E-state index in [0.717, 1.165) is 24.0 Å². The molecule has 6 heteroatoms. The van der Waals surface area contributed by atoms with Crippen molar-refractivity contribution in [2.75, 3.05) is 11.4 Å². The van der Waals surface area contributed by atoms with Gasteiger partial charge in [0, 0.05) is 18.5 Å². The fourth-order valence-corrected chi connectivity index (χ4v) is 3.15. The van der Waals surface area contributed by atoms with Gasteiger partial charge in [-0.2, -0.15) is 0 Å². The number of fused-ring (bicyclic) bond motifs is 1. The Morgan fingerprint density at radius 1 is 1.50 bits per heavy atom. The molecule has 0 unspecified atom stereocenters. The second-order valence-corrected chi connectivity index (χ2v) is 5.80. The first-order chi connectivity index (χ1) is 10.6. The summed E-state index contributed by atoms with van der Waals surface area (Å²) in [4.78, 5) is 14.2. The van der Waals surface area contributed by atoms with Crippen molar-refractivity contribution in [2.45, 2.75) is 32.6 Å². The molecule has 116 valence electrons. The van der Waals surface area contributed by atoms with E-state index in [2.05, 4.69) is 5.16 Å². The van der Waals surface area contributed by atoms with Crippen molar-refractivity contribution in [1.82, 2.24) is 5.16 Å². The number of nitrogens with zero attached hydrogens (tertiary/aromatic N) is 2. The number of aromatic hydroxyl groups is 1. The Hall–Kier alpha value is -2.01. The van der Waals surface area contributed by atoms with Crippen LogP contribution in [0, 0.1) is 6.92 Å². The minimum absolute atomic E-state index is 0.0286. The van der Waals surface area contributed by atoms with Crippen molar-refractivity contribution in [2.24, 2.45) is 0 Å². The first-order valence-corrected chi connectivity index (χ1v) is 7.67.